The first-order valence-corrected chi connectivity index (χ1v) is 6.19. The molecule has 0 bridgehead atoms. The Hall–Kier alpha value is -2.89. The molecule has 1 amide bonds. The molecule has 21 heavy (non-hydrogen) atoms. The van der Waals surface area contributed by atoms with Crippen LogP contribution in [0.25, 0.3) is 0 Å². The maximum Gasteiger partial charge on any atom is 0.271 e. The Labute approximate surface area is 122 Å². The summed E-state index contributed by atoms with van der Waals surface area (Å²) in [5.74, 6) is 0.729. The molecule has 108 valence electrons. The highest BCUT2D eigenvalue weighted by Crippen LogP contribution is 2.22. The summed E-state index contributed by atoms with van der Waals surface area (Å²) in [6, 6.07) is 8.48. The summed E-state index contributed by atoms with van der Waals surface area (Å²) in [7, 11) is 3.05. The largest absolute Gasteiger partial charge is 0.497 e. The van der Waals surface area contributed by atoms with Gasteiger partial charge in [-0.1, -0.05) is 0 Å². The third-order valence-corrected chi connectivity index (χ3v) is 2.70. The van der Waals surface area contributed by atoms with Crippen LogP contribution < -0.4 is 14.9 Å². The fourth-order valence-corrected chi connectivity index (χ4v) is 1.62. The zero-order chi connectivity index (χ0) is 15.1. The zero-order valence-electron chi connectivity index (χ0n) is 11.7. The first kappa shape index (κ1) is 14.5. The fourth-order valence-electron chi connectivity index (χ4n) is 1.62. The molecular weight excluding hydrogens is 270 g/mol. The minimum Gasteiger partial charge on any atom is -0.497 e. The Bertz CT molecular complexity index is 620. The normalized spacial score (nSPS) is 10.4. The monoisotopic (exact) mass is 285 g/mol. The van der Waals surface area contributed by atoms with Crippen molar-refractivity contribution in [1.29, 1.82) is 0 Å². The molecule has 2 aromatic rings. The van der Waals surface area contributed by atoms with E-state index in [0.717, 1.165) is 5.56 Å². The standard InChI is InChI=1S/C15H15N3O3/c1-20-13-7-12(8-14(9-13)21-2)15(19)18-17-10-11-3-5-16-6-4-11/h3-10H,1-2H3,(H,18,19)/b17-10+. The van der Waals surface area contributed by atoms with Gasteiger partial charge in [0.15, 0.2) is 0 Å². The van der Waals surface area contributed by atoms with Gasteiger partial charge in [-0.15, -0.1) is 0 Å². The van der Waals surface area contributed by atoms with Crippen LogP contribution in [0.1, 0.15) is 15.9 Å². The minimum absolute atomic E-state index is 0.350. The molecule has 1 aromatic heterocycles. The van der Waals surface area contributed by atoms with E-state index in [4.69, 9.17) is 9.47 Å². The van der Waals surface area contributed by atoms with Crippen LogP contribution in [0.2, 0.25) is 0 Å². The lowest BCUT2D eigenvalue weighted by atomic mass is 10.2. The van der Waals surface area contributed by atoms with E-state index in [1.165, 1.54) is 20.4 Å². The second-order valence-corrected chi connectivity index (χ2v) is 4.08. The Morgan fingerprint density at radius 3 is 2.33 bits per heavy atom. The minimum atomic E-state index is -0.350. The topological polar surface area (TPSA) is 72.8 Å². The molecule has 6 heteroatoms. The fraction of sp³-hybridized carbons (Fsp3) is 0.133. The van der Waals surface area contributed by atoms with E-state index < -0.39 is 0 Å². The van der Waals surface area contributed by atoms with Crippen molar-refractivity contribution in [2.75, 3.05) is 14.2 Å². The number of amides is 1. The van der Waals surface area contributed by atoms with E-state index in [9.17, 15) is 4.79 Å². The predicted molar refractivity (Wildman–Crippen MR) is 78.8 cm³/mol. The third kappa shape index (κ3) is 4.04. The summed E-state index contributed by atoms with van der Waals surface area (Å²) >= 11 is 0. The van der Waals surface area contributed by atoms with Crippen LogP contribution in [0.4, 0.5) is 0 Å². The molecule has 0 aliphatic heterocycles. The van der Waals surface area contributed by atoms with E-state index in [2.05, 4.69) is 15.5 Å². The number of aromatic nitrogens is 1. The molecule has 0 aliphatic carbocycles. The number of nitrogens with one attached hydrogen (secondary N) is 1. The van der Waals surface area contributed by atoms with Gasteiger partial charge >= 0.3 is 0 Å². The van der Waals surface area contributed by atoms with Crippen molar-refractivity contribution in [3.63, 3.8) is 0 Å². The summed E-state index contributed by atoms with van der Waals surface area (Å²) in [5, 5.41) is 3.89. The van der Waals surface area contributed by atoms with Crippen LogP contribution in [0.15, 0.2) is 47.8 Å². The number of carbonyl (C=O) groups is 1. The average molecular weight is 285 g/mol. The van der Waals surface area contributed by atoms with E-state index in [-0.39, 0.29) is 5.91 Å². The van der Waals surface area contributed by atoms with E-state index >= 15 is 0 Å². The van der Waals surface area contributed by atoms with Crippen LogP contribution >= 0.6 is 0 Å². The Balaban J connectivity index is 2.08. The second-order valence-electron chi connectivity index (χ2n) is 4.08. The molecule has 1 N–H and O–H groups in total. The van der Waals surface area contributed by atoms with Gasteiger partial charge in [0, 0.05) is 24.0 Å². The maximum absolute atomic E-state index is 12.0. The van der Waals surface area contributed by atoms with Crippen molar-refractivity contribution < 1.29 is 14.3 Å². The van der Waals surface area contributed by atoms with Gasteiger partial charge in [-0.3, -0.25) is 9.78 Å². The number of rotatable bonds is 5. The molecule has 0 spiro atoms. The lowest BCUT2D eigenvalue weighted by molar-refractivity contribution is 0.0954. The summed E-state index contributed by atoms with van der Waals surface area (Å²) in [4.78, 5) is 15.9. The first-order chi connectivity index (χ1) is 10.2. The highest BCUT2D eigenvalue weighted by atomic mass is 16.5. The predicted octanol–water partition coefficient (Wildman–Crippen LogP) is 1.86. The molecule has 6 nitrogen and oxygen atoms in total. The van der Waals surface area contributed by atoms with Crippen LogP contribution in [0, 0.1) is 0 Å². The van der Waals surface area contributed by atoms with Crippen molar-refractivity contribution in [3.05, 3.63) is 53.9 Å². The number of nitrogens with zero attached hydrogens (tertiary/aromatic N) is 2. The second kappa shape index (κ2) is 7.04. The number of pyridine rings is 1. The van der Waals surface area contributed by atoms with Crippen LogP contribution in [-0.4, -0.2) is 31.3 Å². The Morgan fingerprint density at radius 1 is 1.14 bits per heavy atom. The van der Waals surface area contributed by atoms with Gasteiger partial charge in [-0.25, -0.2) is 5.43 Å². The van der Waals surface area contributed by atoms with Gasteiger partial charge in [0.05, 0.1) is 20.4 Å². The lowest BCUT2D eigenvalue weighted by Gasteiger charge is -2.07. The van der Waals surface area contributed by atoms with Gasteiger partial charge in [0.25, 0.3) is 5.91 Å². The number of hydrazone groups is 1. The van der Waals surface area contributed by atoms with Gasteiger partial charge in [-0.05, 0) is 29.8 Å². The van der Waals surface area contributed by atoms with E-state index in [1.807, 2.05) is 0 Å². The quantitative estimate of drug-likeness (QED) is 0.672. The zero-order valence-corrected chi connectivity index (χ0v) is 11.7. The van der Waals surface area contributed by atoms with Gasteiger partial charge < -0.3 is 9.47 Å². The Morgan fingerprint density at radius 2 is 1.76 bits per heavy atom. The van der Waals surface area contributed by atoms with E-state index in [0.29, 0.717) is 17.1 Å². The molecule has 0 saturated carbocycles. The van der Waals surface area contributed by atoms with Gasteiger partial charge in [-0.2, -0.15) is 5.10 Å². The van der Waals surface area contributed by atoms with Crippen LogP contribution in [-0.2, 0) is 0 Å². The molecule has 0 radical (unpaired) electrons. The van der Waals surface area contributed by atoms with Crippen molar-refractivity contribution in [1.82, 2.24) is 10.4 Å². The van der Waals surface area contributed by atoms with Crippen LogP contribution in [0.5, 0.6) is 11.5 Å². The molecule has 0 unspecified atom stereocenters. The van der Waals surface area contributed by atoms with Crippen molar-refractivity contribution in [2.45, 2.75) is 0 Å². The number of hydrogen-bond donors (Lipinski definition) is 1. The van der Waals surface area contributed by atoms with Crippen LogP contribution in [0.3, 0.4) is 0 Å². The molecule has 2 rings (SSSR count). The molecule has 1 aromatic carbocycles. The number of carbonyl (C=O) groups excluding carboxylic acids is 1. The molecule has 1 heterocycles. The van der Waals surface area contributed by atoms with Crippen molar-refractivity contribution in [2.24, 2.45) is 5.10 Å². The van der Waals surface area contributed by atoms with Gasteiger partial charge in [0.2, 0.25) is 0 Å². The SMILES string of the molecule is COc1cc(OC)cc(C(=O)N/N=C/c2ccncc2)c1. The highest BCUT2D eigenvalue weighted by molar-refractivity contribution is 5.95. The number of methoxy groups -OCH3 is 2. The average Bonchev–Trinajstić information content (AvgIpc) is 2.55. The van der Waals surface area contributed by atoms with E-state index in [1.54, 1.807) is 42.7 Å². The number of hydrogen-bond acceptors (Lipinski definition) is 5. The first-order valence-electron chi connectivity index (χ1n) is 6.19. The highest BCUT2D eigenvalue weighted by Gasteiger charge is 2.08. The smallest absolute Gasteiger partial charge is 0.271 e. The Kier molecular flexibility index (Phi) is 4.87. The van der Waals surface area contributed by atoms with Gasteiger partial charge in [0.1, 0.15) is 11.5 Å². The molecule has 0 atom stereocenters. The summed E-state index contributed by atoms with van der Waals surface area (Å²) < 4.78 is 10.2. The third-order valence-electron chi connectivity index (χ3n) is 2.70. The number of benzene rings is 1. The van der Waals surface area contributed by atoms with Crippen molar-refractivity contribution in [3.8, 4) is 11.5 Å². The lowest BCUT2D eigenvalue weighted by Crippen LogP contribution is -2.17. The molecular formula is C15H15N3O3. The maximum atomic E-state index is 12.0. The summed E-state index contributed by atoms with van der Waals surface area (Å²) in [5.41, 5.74) is 3.69. The molecule has 0 fully saturated rings. The summed E-state index contributed by atoms with van der Waals surface area (Å²) in [6.45, 7) is 0. The summed E-state index contributed by atoms with van der Waals surface area (Å²) in [6.07, 6.45) is 4.84. The molecule has 0 saturated heterocycles. The van der Waals surface area contributed by atoms with Crippen molar-refractivity contribution >= 4 is 12.1 Å². The number of ether oxygens (including phenoxy) is 2. The molecule has 0 aliphatic rings.